The molecule has 5 nitrogen and oxygen atoms in total. The number of carbonyl (C=O) groups is 1. The second-order valence-corrected chi connectivity index (χ2v) is 4.40. The third-order valence-electron chi connectivity index (χ3n) is 2.95. The first-order chi connectivity index (χ1) is 8.79. The van der Waals surface area contributed by atoms with Crippen molar-refractivity contribution in [2.24, 2.45) is 5.92 Å². The van der Waals surface area contributed by atoms with E-state index in [1.165, 1.54) is 0 Å². The monoisotopic (exact) mass is 249 g/mol. The fourth-order valence-electron chi connectivity index (χ4n) is 1.94. The van der Waals surface area contributed by atoms with Gasteiger partial charge in [0.15, 0.2) is 0 Å². The predicted molar refractivity (Wildman–Crippen MR) is 69.7 cm³/mol. The molecule has 98 valence electrons. The summed E-state index contributed by atoms with van der Waals surface area (Å²) in [5.74, 6) is 0.313. The van der Waals surface area contributed by atoms with Gasteiger partial charge in [-0.3, -0.25) is 9.78 Å². The Labute approximate surface area is 107 Å². The van der Waals surface area contributed by atoms with E-state index in [9.17, 15) is 4.79 Å². The van der Waals surface area contributed by atoms with Gasteiger partial charge in [-0.25, -0.2) is 0 Å². The number of hydrogen-bond acceptors (Lipinski definition) is 4. The van der Waals surface area contributed by atoms with Crippen molar-refractivity contribution in [1.29, 1.82) is 0 Å². The van der Waals surface area contributed by atoms with Crippen LogP contribution in [0.1, 0.15) is 23.8 Å². The number of carbonyl (C=O) groups excluding carboxylic acids is 1. The third kappa shape index (κ3) is 3.43. The maximum Gasteiger partial charge on any atom is 0.269 e. The summed E-state index contributed by atoms with van der Waals surface area (Å²) in [4.78, 5) is 16.0. The molecule has 1 fully saturated rings. The molecule has 1 aliphatic heterocycles. The molecule has 0 aliphatic carbocycles. The van der Waals surface area contributed by atoms with Crippen LogP contribution < -0.4 is 10.6 Å². The van der Waals surface area contributed by atoms with Gasteiger partial charge in [-0.1, -0.05) is 0 Å². The highest BCUT2D eigenvalue weighted by Crippen LogP contribution is 2.11. The summed E-state index contributed by atoms with van der Waals surface area (Å²) in [7, 11) is 0. The number of amides is 1. The number of hydrogen-bond donors (Lipinski definition) is 2. The molecule has 0 saturated carbocycles. The van der Waals surface area contributed by atoms with Crippen LogP contribution in [-0.2, 0) is 4.74 Å². The Kier molecular flexibility index (Phi) is 4.52. The molecule has 2 heterocycles. The summed E-state index contributed by atoms with van der Waals surface area (Å²) in [6, 6.07) is 3.62. The van der Waals surface area contributed by atoms with E-state index in [1.54, 1.807) is 12.3 Å². The second-order valence-electron chi connectivity index (χ2n) is 4.40. The summed E-state index contributed by atoms with van der Waals surface area (Å²) < 4.78 is 5.27. The Balaban J connectivity index is 1.89. The van der Waals surface area contributed by atoms with Crippen molar-refractivity contribution in [1.82, 2.24) is 10.3 Å². The van der Waals surface area contributed by atoms with Crippen LogP contribution in [0.25, 0.3) is 0 Å². The molecular formula is C13H19N3O2. The first-order valence-corrected chi connectivity index (χ1v) is 6.35. The van der Waals surface area contributed by atoms with E-state index in [0.717, 1.165) is 31.9 Å². The van der Waals surface area contributed by atoms with E-state index in [1.807, 2.05) is 13.0 Å². The van der Waals surface area contributed by atoms with E-state index in [4.69, 9.17) is 4.74 Å². The SMILES string of the molecule is CCNc1ccnc(C(=O)NCC2CCOC2)c1. The highest BCUT2D eigenvalue weighted by molar-refractivity contribution is 5.93. The molecule has 1 aromatic rings. The van der Waals surface area contributed by atoms with E-state index in [0.29, 0.717) is 18.2 Å². The fourth-order valence-corrected chi connectivity index (χ4v) is 1.94. The average Bonchev–Trinajstić information content (AvgIpc) is 2.90. The Bertz CT molecular complexity index is 403. The van der Waals surface area contributed by atoms with Crippen molar-refractivity contribution >= 4 is 11.6 Å². The van der Waals surface area contributed by atoms with Crippen LogP contribution in [0.2, 0.25) is 0 Å². The number of aromatic nitrogens is 1. The lowest BCUT2D eigenvalue weighted by Gasteiger charge is -2.10. The molecule has 1 unspecified atom stereocenters. The Morgan fingerprint density at radius 1 is 1.61 bits per heavy atom. The lowest BCUT2D eigenvalue weighted by atomic mass is 10.1. The Morgan fingerprint density at radius 2 is 2.50 bits per heavy atom. The lowest BCUT2D eigenvalue weighted by Crippen LogP contribution is -2.30. The van der Waals surface area contributed by atoms with Crippen molar-refractivity contribution < 1.29 is 9.53 Å². The molecule has 5 heteroatoms. The predicted octanol–water partition coefficient (Wildman–Crippen LogP) is 1.28. The zero-order valence-electron chi connectivity index (χ0n) is 10.6. The summed E-state index contributed by atoms with van der Waals surface area (Å²) in [5, 5.41) is 6.06. The molecule has 1 saturated heterocycles. The smallest absolute Gasteiger partial charge is 0.269 e. The maximum absolute atomic E-state index is 11.9. The lowest BCUT2D eigenvalue weighted by molar-refractivity contribution is 0.0940. The van der Waals surface area contributed by atoms with Crippen LogP contribution >= 0.6 is 0 Å². The van der Waals surface area contributed by atoms with Gasteiger partial charge in [0.2, 0.25) is 0 Å². The molecular weight excluding hydrogens is 230 g/mol. The number of nitrogens with one attached hydrogen (secondary N) is 2. The molecule has 2 rings (SSSR count). The molecule has 0 bridgehead atoms. The average molecular weight is 249 g/mol. The number of pyridine rings is 1. The van der Waals surface area contributed by atoms with Gasteiger partial charge < -0.3 is 15.4 Å². The topological polar surface area (TPSA) is 63.2 Å². The van der Waals surface area contributed by atoms with Gasteiger partial charge in [-0.2, -0.15) is 0 Å². The number of rotatable bonds is 5. The molecule has 1 aliphatic rings. The molecule has 0 aromatic carbocycles. The van der Waals surface area contributed by atoms with E-state index in [2.05, 4.69) is 15.6 Å². The van der Waals surface area contributed by atoms with Crippen molar-refractivity contribution in [3.05, 3.63) is 24.0 Å². The van der Waals surface area contributed by atoms with E-state index >= 15 is 0 Å². The largest absolute Gasteiger partial charge is 0.385 e. The summed E-state index contributed by atoms with van der Waals surface area (Å²) in [6.07, 6.45) is 2.66. The standard InChI is InChI=1S/C13H19N3O2/c1-2-14-11-3-5-15-12(7-11)13(17)16-8-10-4-6-18-9-10/h3,5,7,10H,2,4,6,8-9H2,1H3,(H,14,15)(H,16,17). The van der Waals surface area contributed by atoms with Crippen LogP contribution in [0.15, 0.2) is 18.3 Å². The molecule has 1 amide bonds. The summed E-state index contributed by atoms with van der Waals surface area (Å²) in [5.41, 5.74) is 1.37. The minimum atomic E-state index is -0.123. The maximum atomic E-state index is 11.9. The molecule has 1 atom stereocenters. The molecule has 0 spiro atoms. The van der Waals surface area contributed by atoms with Gasteiger partial charge in [-0.05, 0) is 25.5 Å². The Morgan fingerprint density at radius 3 is 3.22 bits per heavy atom. The molecule has 1 aromatic heterocycles. The zero-order chi connectivity index (χ0) is 12.8. The first kappa shape index (κ1) is 12.8. The van der Waals surface area contributed by atoms with Crippen LogP contribution in [-0.4, -0.2) is 37.2 Å². The van der Waals surface area contributed by atoms with Crippen molar-refractivity contribution in [3.8, 4) is 0 Å². The van der Waals surface area contributed by atoms with Crippen LogP contribution in [0.3, 0.4) is 0 Å². The second kappa shape index (κ2) is 6.35. The van der Waals surface area contributed by atoms with Crippen LogP contribution in [0.4, 0.5) is 5.69 Å². The van der Waals surface area contributed by atoms with Gasteiger partial charge in [0.05, 0.1) is 6.61 Å². The highest BCUT2D eigenvalue weighted by atomic mass is 16.5. The summed E-state index contributed by atoms with van der Waals surface area (Å²) in [6.45, 7) is 5.04. The van der Waals surface area contributed by atoms with E-state index in [-0.39, 0.29) is 5.91 Å². The van der Waals surface area contributed by atoms with Crippen LogP contribution in [0, 0.1) is 5.92 Å². The zero-order valence-corrected chi connectivity index (χ0v) is 10.6. The van der Waals surface area contributed by atoms with Crippen LogP contribution in [0.5, 0.6) is 0 Å². The first-order valence-electron chi connectivity index (χ1n) is 6.35. The minimum absolute atomic E-state index is 0.123. The molecule has 18 heavy (non-hydrogen) atoms. The fraction of sp³-hybridized carbons (Fsp3) is 0.538. The van der Waals surface area contributed by atoms with Crippen molar-refractivity contribution in [2.75, 3.05) is 31.6 Å². The molecule has 2 N–H and O–H groups in total. The molecule has 0 radical (unpaired) electrons. The van der Waals surface area contributed by atoms with Crippen molar-refractivity contribution in [3.63, 3.8) is 0 Å². The number of ether oxygens (including phenoxy) is 1. The van der Waals surface area contributed by atoms with Crippen molar-refractivity contribution in [2.45, 2.75) is 13.3 Å². The quantitative estimate of drug-likeness (QED) is 0.825. The van der Waals surface area contributed by atoms with Gasteiger partial charge in [-0.15, -0.1) is 0 Å². The third-order valence-corrected chi connectivity index (χ3v) is 2.95. The van der Waals surface area contributed by atoms with Gasteiger partial charge in [0.25, 0.3) is 5.91 Å². The van der Waals surface area contributed by atoms with Gasteiger partial charge in [0, 0.05) is 37.5 Å². The number of nitrogens with zero attached hydrogens (tertiary/aromatic N) is 1. The summed E-state index contributed by atoms with van der Waals surface area (Å²) >= 11 is 0. The van der Waals surface area contributed by atoms with E-state index < -0.39 is 0 Å². The number of anilines is 1. The van der Waals surface area contributed by atoms with Gasteiger partial charge in [0.1, 0.15) is 5.69 Å². The van der Waals surface area contributed by atoms with Gasteiger partial charge >= 0.3 is 0 Å². The minimum Gasteiger partial charge on any atom is -0.385 e. The highest BCUT2D eigenvalue weighted by Gasteiger charge is 2.17. The Hall–Kier alpha value is -1.62. The normalized spacial score (nSPS) is 18.6.